The zero-order chi connectivity index (χ0) is 22.5. The summed E-state index contributed by atoms with van der Waals surface area (Å²) in [4.78, 5) is 16.9. The minimum Gasteiger partial charge on any atom is -0.483 e. The predicted molar refractivity (Wildman–Crippen MR) is 129 cm³/mol. The molecule has 0 bridgehead atoms. The van der Waals surface area contributed by atoms with Crippen LogP contribution in [0.3, 0.4) is 0 Å². The SMILES string of the molecule is C=CCn1c(SCC(=O)Nc2nc3ccccc3s2)nnc1C(C)Oc1cccc(C)c1. The number of fused-ring (bicyclic) bond motifs is 1. The van der Waals surface area contributed by atoms with Crippen molar-refractivity contribution in [3.8, 4) is 5.75 Å². The van der Waals surface area contributed by atoms with Gasteiger partial charge in [-0.05, 0) is 43.7 Å². The number of anilines is 1. The molecule has 9 heteroatoms. The van der Waals surface area contributed by atoms with Crippen molar-refractivity contribution in [2.75, 3.05) is 11.1 Å². The summed E-state index contributed by atoms with van der Waals surface area (Å²) in [7, 11) is 0. The standard InChI is InChI=1S/C23H23N5O2S2/c1-4-12-28-21(16(3)30-17-9-7-8-15(2)13-17)26-27-23(28)31-14-20(29)25-22-24-18-10-5-6-11-19(18)32-22/h4-11,13,16H,1,12,14H2,2-3H3,(H,24,25,29). The number of aromatic nitrogens is 4. The van der Waals surface area contributed by atoms with Gasteiger partial charge in [-0.25, -0.2) is 4.98 Å². The smallest absolute Gasteiger partial charge is 0.236 e. The lowest BCUT2D eigenvalue weighted by molar-refractivity contribution is -0.113. The topological polar surface area (TPSA) is 81.9 Å². The van der Waals surface area contributed by atoms with Crippen molar-refractivity contribution in [1.29, 1.82) is 0 Å². The molecule has 1 amide bonds. The molecule has 32 heavy (non-hydrogen) atoms. The first kappa shape index (κ1) is 22.0. The third-order valence-electron chi connectivity index (χ3n) is 4.60. The van der Waals surface area contributed by atoms with Gasteiger partial charge in [0.1, 0.15) is 5.75 Å². The summed E-state index contributed by atoms with van der Waals surface area (Å²) in [6.07, 6.45) is 1.47. The van der Waals surface area contributed by atoms with Crippen LogP contribution in [0.1, 0.15) is 24.4 Å². The van der Waals surface area contributed by atoms with Gasteiger partial charge in [-0.15, -0.1) is 16.8 Å². The Labute approximate surface area is 194 Å². The van der Waals surface area contributed by atoms with Gasteiger partial charge in [0.2, 0.25) is 5.91 Å². The minimum atomic E-state index is -0.310. The highest BCUT2D eigenvalue weighted by Crippen LogP contribution is 2.27. The number of para-hydroxylation sites is 1. The molecule has 0 radical (unpaired) electrons. The van der Waals surface area contributed by atoms with E-state index in [2.05, 4.69) is 27.1 Å². The van der Waals surface area contributed by atoms with E-state index in [-0.39, 0.29) is 17.8 Å². The van der Waals surface area contributed by atoms with Crippen LogP contribution >= 0.6 is 23.1 Å². The molecule has 4 rings (SSSR count). The molecule has 0 saturated heterocycles. The van der Waals surface area contributed by atoms with Crippen molar-refractivity contribution in [2.45, 2.75) is 31.7 Å². The Kier molecular flexibility index (Phi) is 6.87. The Morgan fingerprint density at radius 1 is 1.28 bits per heavy atom. The summed E-state index contributed by atoms with van der Waals surface area (Å²) >= 11 is 2.77. The fourth-order valence-electron chi connectivity index (χ4n) is 3.16. The molecular weight excluding hydrogens is 442 g/mol. The number of nitrogens with one attached hydrogen (secondary N) is 1. The number of hydrogen-bond acceptors (Lipinski definition) is 7. The molecule has 164 valence electrons. The van der Waals surface area contributed by atoms with E-state index in [1.54, 1.807) is 6.08 Å². The summed E-state index contributed by atoms with van der Waals surface area (Å²) in [6.45, 7) is 8.30. The maximum Gasteiger partial charge on any atom is 0.236 e. The number of aryl methyl sites for hydroxylation is 1. The second-order valence-corrected chi connectivity index (χ2v) is 9.11. The monoisotopic (exact) mass is 465 g/mol. The van der Waals surface area contributed by atoms with Gasteiger partial charge < -0.3 is 10.1 Å². The van der Waals surface area contributed by atoms with Crippen LogP contribution in [0.25, 0.3) is 10.2 Å². The number of allylic oxidation sites excluding steroid dienone is 1. The minimum absolute atomic E-state index is 0.146. The Morgan fingerprint density at radius 2 is 2.12 bits per heavy atom. The van der Waals surface area contributed by atoms with Gasteiger partial charge in [0.05, 0.1) is 16.0 Å². The normalized spacial score (nSPS) is 11.9. The van der Waals surface area contributed by atoms with Crippen LogP contribution in [0.4, 0.5) is 5.13 Å². The van der Waals surface area contributed by atoms with Crippen LogP contribution in [0.5, 0.6) is 5.75 Å². The first-order valence-electron chi connectivity index (χ1n) is 10.1. The lowest BCUT2D eigenvalue weighted by Gasteiger charge is -2.16. The van der Waals surface area contributed by atoms with Crippen molar-refractivity contribution in [3.05, 3.63) is 72.6 Å². The van der Waals surface area contributed by atoms with E-state index >= 15 is 0 Å². The summed E-state index contributed by atoms with van der Waals surface area (Å²) in [5, 5.41) is 12.7. The van der Waals surface area contributed by atoms with Crippen molar-refractivity contribution >= 4 is 44.4 Å². The van der Waals surface area contributed by atoms with Crippen LogP contribution in [0.15, 0.2) is 66.3 Å². The quantitative estimate of drug-likeness (QED) is 0.268. The van der Waals surface area contributed by atoms with Gasteiger partial charge in [0.25, 0.3) is 0 Å². The molecule has 0 aliphatic carbocycles. The van der Waals surface area contributed by atoms with Gasteiger partial charge in [-0.1, -0.05) is 53.4 Å². The lowest BCUT2D eigenvalue weighted by atomic mass is 10.2. The molecular formula is C23H23N5O2S2. The van der Waals surface area contributed by atoms with Crippen LogP contribution in [0.2, 0.25) is 0 Å². The Balaban J connectivity index is 1.42. The molecule has 0 aliphatic rings. The third-order valence-corrected chi connectivity index (χ3v) is 6.51. The largest absolute Gasteiger partial charge is 0.483 e. The fourth-order valence-corrected chi connectivity index (χ4v) is 4.80. The Bertz CT molecular complexity index is 1220. The third kappa shape index (κ3) is 5.17. The highest BCUT2D eigenvalue weighted by atomic mass is 32.2. The second-order valence-electron chi connectivity index (χ2n) is 7.14. The number of rotatable bonds is 9. The molecule has 2 heterocycles. The first-order chi connectivity index (χ1) is 15.5. The highest BCUT2D eigenvalue weighted by molar-refractivity contribution is 7.99. The Morgan fingerprint density at radius 3 is 2.91 bits per heavy atom. The molecule has 2 aromatic carbocycles. The van der Waals surface area contributed by atoms with Crippen LogP contribution in [-0.2, 0) is 11.3 Å². The lowest BCUT2D eigenvalue weighted by Crippen LogP contribution is -2.15. The van der Waals surface area contributed by atoms with E-state index in [4.69, 9.17) is 4.74 Å². The summed E-state index contributed by atoms with van der Waals surface area (Å²) < 4.78 is 9.02. The summed E-state index contributed by atoms with van der Waals surface area (Å²) in [5.41, 5.74) is 2.00. The number of benzene rings is 2. The van der Waals surface area contributed by atoms with Gasteiger partial charge in [-0.2, -0.15) is 0 Å². The zero-order valence-electron chi connectivity index (χ0n) is 17.8. The van der Waals surface area contributed by atoms with E-state index in [0.717, 1.165) is 21.5 Å². The first-order valence-corrected chi connectivity index (χ1v) is 11.9. The van der Waals surface area contributed by atoms with E-state index in [1.165, 1.54) is 23.1 Å². The van der Waals surface area contributed by atoms with Crippen molar-refractivity contribution in [2.24, 2.45) is 0 Å². The predicted octanol–water partition coefficient (Wildman–Crippen LogP) is 5.25. The number of carbonyl (C=O) groups is 1. The molecule has 7 nitrogen and oxygen atoms in total. The number of nitrogens with zero attached hydrogens (tertiary/aromatic N) is 4. The number of amides is 1. The van der Waals surface area contributed by atoms with Gasteiger partial charge in [-0.3, -0.25) is 9.36 Å². The van der Waals surface area contributed by atoms with Crippen LogP contribution < -0.4 is 10.1 Å². The van der Waals surface area contributed by atoms with Crippen molar-refractivity contribution in [1.82, 2.24) is 19.7 Å². The molecule has 0 saturated carbocycles. The molecule has 2 aromatic heterocycles. The molecule has 1 unspecified atom stereocenters. The Hall–Kier alpha value is -3.17. The van der Waals surface area contributed by atoms with E-state index < -0.39 is 0 Å². The molecule has 0 spiro atoms. The second kappa shape index (κ2) is 9.97. The summed E-state index contributed by atoms with van der Waals surface area (Å²) in [5.74, 6) is 1.50. The van der Waals surface area contributed by atoms with Crippen molar-refractivity contribution < 1.29 is 9.53 Å². The molecule has 1 N–H and O–H groups in total. The summed E-state index contributed by atoms with van der Waals surface area (Å²) in [6, 6.07) is 15.7. The molecule has 0 aliphatic heterocycles. The number of ether oxygens (including phenoxy) is 1. The highest BCUT2D eigenvalue weighted by Gasteiger charge is 2.20. The number of thioether (sulfide) groups is 1. The number of thiazole rings is 1. The zero-order valence-corrected chi connectivity index (χ0v) is 19.4. The van der Waals surface area contributed by atoms with Crippen LogP contribution in [-0.4, -0.2) is 31.4 Å². The molecule has 0 fully saturated rings. The van der Waals surface area contributed by atoms with Gasteiger partial charge >= 0.3 is 0 Å². The average molecular weight is 466 g/mol. The fraction of sp³-hybridized carbons (Fsp3) is 0.217. The maximum atomic E-state index is 12.5. The maximum absolute atomic E-state index is 12.5. The van der Waals surface area contributed by atoms with Crippen LogP contribution in [0, 0.1) is 6.92 Å². The molecule has 4 aromatic rings. The van der Waals surface area contributed by atoms with E-state index in [9.17, 15) is 4.79 Å². The number of hydrogen-bond donors (Lipinski definition) is 1. The number of carbonyl (C=O) groups excluding carboxylic acids is 1. The van der Waals surface area contributed by atoms with Gasteiger partial charge in [0, 0.05) is 6.54 Å². The van der Waals surface area contributed by atoms with Gasteiger partial charge in [0.15, 0.2) is 22.2 Å². The van der Waals surface area contributed by atoms with Crippen molar-refractivity contribution in [3.63, 3.8) is 0 Å². The van der Waals surface area contributed by atoms with E-state index in [1.807, 2.05) is 66.9 Å². The average Bonchev–Trinajstić information content (AvgIpc) is 3.36. The van der Waals surface area contributed by atoms with E-state index in [0.29, 0.717) is 22.7 Å². The molecule has 1 atom stereocenters.